The minimum atomic E-state index is -0.971. The highest BCUT2D eigenvalue weighted by molar-refractivity contribution is 5.86. The lowest BCUT2D eigenvalue weighted by Gasteiger charge is -2.61. The molecule has 0 heterocycles. The molecule has 4 saturated carbocycles. The van der Waals surface area contributed by atoms with Crippen molar-refractivity contribution < 1.29 is 14.7 Å². The molecule has 4 nitrogen and oxygen atoms in total. The summed E-state index contributed by atoms with van der Waals surface area (Å²) in [6.07, 6.45) is 6.34. The second-order valence-electron chi connectivity index (χ2n) is 8.46. The molecule has 1 aromatic carbocycles. The molecule has 1 amide bonds. The first-order chi connectivity index (χ1) is 11.4. The Labute approximate surface area is 142 Å². The monoisotopic (exact) mass is 327 g/mol. The number of carbonyl (C=O) groups is 2. The van der Waals surface area contributed by atoms with Crippen LogP contribution in [-0.4, -0.2) is 23.5 Å². The highest BCUT2D eigenvalue weighted by atomic mass is 16.4. The molecule has 0 aliphatic heterocycles. The number of carboxylic acids is 1. The number of rotatable bonds is 4. The van der Waals surface area contributed by atoms with Crippen molar-refractivity contribution in [1.29, 1.82) is 0 Å². The molecule has 0 aromatic heterocycles. The molecule has 1 aromatic rings. The number of carboxylic acid groups (broad SMARTS) is 1. The third kappa shape index (κ3) is 2.43. The number of amides is 1. The molecular weight excluding hydrogens is 302 g/mol. The summed E-state index contributed by atoms with van der Waals surface area (Å²) in [4.78, 5) is 23.7. The van der Waals surface area contributed by atoms with Crippen LogP contribution in [0.5, 0.6) is 0 Å². The van der Waals surface area contributed by atoms with Gasteiger partial charge in [-0.1, -0.05) is 29.8 Å². The van der Waals surface area contributed by atoms with Crippen molar-refractivity contribution >= 4 is 11.9 Å². The summed E-state index contributed by atoms with van der Waals surface area (Å²) in [5.74, 6) is 0.197. The van der Waals surface area contributed by atoms with Crippen LogP contribution in [0.15, 0.2) is 24.3 Å². The number of nitrogens with one attached hydrogen (secondary N) is 1. The average molecular weight is 327 g/mol. The highest BCUT2D eigenvalue weighted by Gasteiger charge is 2.60. The van der Waals surface area contributed by atoms with E-state index in [4.69, 9.17) is 5.11 Å². The van der Waals surface area contributed by atoms with Gasteiger partial charge in [-0.05, 0) is 68.3 Å². The van der Waals surface area contributed by atoms with Crippen molar-refractivity contribution in [1.82, 2.24) is 5.32 Å². The Balaban J connectivity index is 1.65. The number of aryl methyl sites for hydroxylation is 1. The summed E-state index contributed by atoms with van der Waals surface area (Å²) in [5, 5.41) is 11.6. The zero-order chi connectivity index (χ0) is 16.9. The number of hydrogen-bond donors (Lipinski definition) is 2. The van der Waals surface area contributed by atoms with E-state index in [-0.39, 0.29) is 23.3 Å². The number of aliphatic carboxylic acids is 1. The second kappa shape index (κ2) is 5.33. The van der Waals surface area contributed by atoms with Crippen molar-refractivity contribution in [2.75, 3.05) is 6.54 Å². The molecule has 24 heavy (non-hydrogen) atoms. The van der Waals surface area contributed by atoms with Gasteiger partial charge in [-0.3, -0.25) is 9.59 Å². The van der Waals surface area contributed by atoms with Crippen molar-refractivity contribution in [3.63, 3.8) is 0 Å². The zero-order valence-electron chi connectivity index (χ0n) is 14.2. The van der Waals surface area contributed by atoms with Gasteiger partial charge < -0.3 is 10.4 Å². The SMILES string of the molecule is Cc1ccc(C23C[C@@H]4C[C@@H](CC(C(=O)NCC(=O)O)(C4)C2)C3)cc1. The Morgan fingerprint density at radius 3 is 2.33 bits per heavy atom. The first kappa shape index (κ1) is 15.7. The minimum absolute atomic E-state index is 0.0320. The Bertz CT molecular complexity index is 665. The Hall–Kier alpha value is -1.84. The molecule has 4 atom stereocenters. The maximum atomic E-state index is 12.9. The molecule has 4 aliphatic rings. The van der Waals surface area contributed by atoms with Crippen LogP contribution in [0, 0.1) is 24.2 Å². The first-order valence-electron chi connectivity index (χ1n) is 8.98. The van der Waals surface area contributed by atoms with E-state index in [1.54, 1.807) is 0 Å². The summed E-state index contributed by atoms with van der Waals surface area (Å²) in [6, 6.07) is 8.83. The largest absolute Gasteiger partial charge is 0.480 e. The molecule has 0 saturated heterocycles. The van der Waals surface area contributed by atoms with Gasteiger partial charge in [0.15, 0.2) is 0 Å². The van der Waals surface area contributed by atoms with E-state index in [2.05, 4.69) is 36.5 Å². The van der Waals surface area contributed by atoms with Gasteiger partial charge in [-0.15, -0.1) is 0 Å². The van der Waals surface area contributed by atoms with E-state index in [0.717, 1.165) is 19.3 Å². The standard InChI is InChI=1S/C20H25NO3/c1-13-2-4-16(5-3-13)19-7-14-6-15(8-19)10-20(9-14,12-19)18(24)21-11-17(22)23/h2-5,14-15H,6-12H2,1H3,(H,21,24)(H,22,23)/t14-,15+,19?,20?. The molecule has 2 N–H and O–H groups in total. The normalized spacial score (nSPS) is 36.5. The molecule has 128 valence electrons. The van der Waals surface area contributed by atoms with Gasteiger partial charge in [-0.25, -0.2) is 0 Å². The maximum Gasteiger partial charge on any atom is 0.322 e. The van der Waals surface area contributed by atoms with Crippen LogP contribution < -0.4 is 5.32 Å². The fourth-order valence-corrected chi connectivity index (χ4v) is 6.12. The van der Waals surface area contributed by atoms with Crippen LogP contribution in [0.4, 0.5) is 0 Å². The quantitative estimate of drug-likeness (QED) is 0.893. The van der Waals surface area contributed by atoms with Gasteiger partial charge in [0.05, 0.1) is 5.41 Å². The van der Waals surface area contributed by atoms with Gasteiger partial charge in [-0.2, -0.15) is 0 Å². The smallest absolute Gasteiger partial charge is 0.322 e. The van der Waals surface area contributed by atoms with Gasteiger partial charge in [0, 0.05) is 0 Å². The number of benzene rings is 1. The molecular formula is C20H25NO3. The van der Waals surface area contributed by atoms with Gasteiger partial charge >= 0.3 is 5.97 Å². The minimum Gasteiger partial charge on any atom is -0.480 e. The molecule has 4 fully saturated rings. The van der Waals surface area contributed by atoms with E-state index in [1.807, 2.05) is 0 Å². The topological polar surface area (TPSA) is 66.4 Å². The molecule has 0 spiro atoms. The second-order valence-corrected chi connectivity index (χ2v) is 8.46. The molecule has 0 radical (unpaired) electrons. The first-order valence-corrected chi connectivity index (χ1v) is 8.98. The number of hydrogen-bond acceptors (Lipinski definition) is 2. The summed E-state index contributed by atoms with van der Waals surface area (Å²) in [6.45, 7) is 1.83. The van der Waals surface area contributed by atoms with Crippen molar-refractivity contribution in [3.8, 4) is 0 Å². The summed E-state index contributed by atoms with van der Waals surface area (Å²) in [5.41, 5.74) is 2.39. The van der Waals surface area contributed by atoms with E-state index >= 15 is 0 Å². The van der Waals surface area contributed by atoms with Gasteiger partial charge in [0.1, 0.15) is 6.54 Å². The predicted molar refractivity (Wildman–Crippen MR) is 90.6 cm³/mol. The van der Waals surface area contributed by atoms with Crippen molar-refractivity contribution in [2.24, 2.45) is 17.3 Å². The van der Waals surface area contributed by atoms with E-state index in [9.17, 15) is 9.59 Å². The van der Waals surface area contributed by atoms with E-state index in [1.165, 1.54) is 30.4 Å². The lowest BCUT2D eigenvalue weighted by atomic mass is 9.42. The third-order valence-corrected chi connectivity index (χ3v) is 6.61. The summed E-state index contributed by atoms with van der Waals surface area (Å²) < 4.78 is 0. The molecule has 4 bridgehead atoms. The van der Waals surface area contributed by atoms with Crippen LogP contribution >= 0.6 is 0 Å². The van der Waals surface area contributed by atoms with Crippen LogP contribution in [0.25, 0.3) is 0 Å². The van der Waals surface area contributed by atoms with Crippen LogP contribution in [0.3, 0.4) is 0 Å². The van der Waals surface area contributed by atoms with Crippen LogP contribution in [0.2, 0.25) is 0 Å². The Morgan fingerprint density at radius 2 is 1.75 bits per heavy atom. The zero-order valence-corrected chi connectivity index (χ0v) is 14.2. The van der Waals surface area contributed by atoms with Gasteiger partial charge in [0.2, 0.25) is 5.91 Å². The number of carbonyl (C=O) groups excluding carboxylic acids is 1. The van der Waals surface area contributed by atoms with Crippen molar-refractivity contribution in [3.05, 3.63) is 35.4 Å². The van der Waals surface area contributed by atoms with Crippen LogP contribution in [-0.2, 0) is 15.0 Å². The molecule has 2 unspecified atom stereocenters. The average Bonchev–Trinajstić information content (AvgIpc) is 2.51. The van der Waals surface area contributed by atoms with E-state index in [0.29, 0.717) is 11.8 Å². The maximum absolute atomic E-state index is 12.9. The Kier molecular flexibility index (Phi) is 3.48. The van der Waals surface area contributed by atoms with Crippen molar-refractivity contribution in [2.45, 2.75) is 50.9 Å². The molecule has 4 heteroatoms. The lowest BCUT2D eigenvalue weighted by molar-refractivity contribution is -0.151. The lowest BCUT2D eigenvalue weighted by Crippen LogP contribution is -2.59. The highest BCUT2D eigenvalue weighted by Crippen LogP contribution is 2.65. The predicted octanol–water partition coefficient (Wildman–Crippen LogP) is 3.03. The fraction of sp³-hybridized carbons (Fsp3) is 0.600. The summed E-state index contributed by atoms with van der Waals surface area (Å²) in [7, 11) is 0. The van der Waals surface area contributed by atoms with E-state index < -0.39 is 5.97 Å². The Morgan fingerprint density at radius 1 is 1.12 bits per heavy atom. The molecule has 4 aliphatic carbocycles. The fourth-order valence-electron chi connectivity index (χ4n) is 6.12. The van der Waals surface area contributed by atoms with Crippen LogP contribution in [0.1, 0.15) is 49.7 Å². The van der Waals surface area contributed by atoms with Gasteiger partial charge in [0.25, 0.3) is 0 Å². The summed E-state index contributed by atoms with van der Waals surface area (Å²) >= 11 is 0. The third-order valence-electron chi connectivity index (χ3n) is 6.61. The molecule has 5 rings (SSSR count).